The molecule has 0 radical (unpaired) electrons. The Morgan fingerprint density at radius 1 is 0.632 bits per heavy atom. The molecule has 0 atom stereocenters. The molecule has 0 saturated heterocycles. The van der Waals surface area contributed by atoms with E-state index in [9.17, 15) is 9.59 Å². The maximum atomic E-state index is 13.1. The average Bonchev–Trinajstić information content (AvgIpc) is 2.96. The van der Waals surface area contributed by atoms with E-state index in [0.29, 0.717) is 24.5 Å². The Kier molecular flexibility index (Phi) is 9.42. The van der Waals surface area contributed by atoms with Gasteiger partial charge in [-0.15, -0.1) is 0 Å². The maximum absolute atomic E-state index is 13.1. The van der Waals surface area contributed by atoms with Crippen molar-refractivity contribution in [1.82, 2.24) is 16.2 Å². The van der Waals surface area contributed by atoms with Gasteiger partial charge in [0.25, 0.3) is 5.91 Å². The van der Waals surface area contributed by atoms with Crippen LogP contribution in [0.4, 0.5) is 0 Å². The Bertz CT molecular complexity index is 1300. The van der Waals surface area contributed by atoms with Crippen LogP contribution in [-0.4, -0.2) is 30.1 Å². The van der Waals surface area contributed by atoms with E-state index in [1.54, 1.807) is 24.3 Å². The molecule has 0 unspecified atom stereocenters. The van der Waals surface area contributed by atoms with Crippen molar-refractivity contribution in [2.24, 2.45) is 0 Å². The summed E-state index contributed by atoms with van der Waals surface area (Å²) in [6.07, 6.45) is 0. The van der Waals surface area contributed by atoms with E-state index in [0.717, 1.165) is 16.9 Å². The van der Waals surface area contributed by atoms with E-state index in [-0.39, 0.29) is 11.0 Å². The van der Waals surface area contributed by atoms with Gasteiger partial charge in [-0.25, -0.2) is 0 Å². The number of hydrazine groups is 1. The van der Waals surface area contributed by atoms with Crippen LogP contribution in [0.3, 0.4) is 0 Å². The van der Waals surface area contributed by atoms with Crippen LogP contribution in [0.5, 0.6) is 11.5 Å². The Hall–Kier alpha value is -4.69. The first-order chi connectivity index (χ1) is 18.6. The summed E-state index contributed by atoms with van der Waals surface area (Å²) in [5.41, 5.74) is 7.29. The summed E-state index contributed by atoms with van der Waals surface area (Å²) < 4.78 is 11.3. The molecule has 0 aromatic heterocycles. The number of rotatable bonds is 9. The normalized spacial score (nSPS) is 10.3. The first-order valence-electron chi connectivity index (χ1n) is 12.0. The molecule has 0 spiro atoms. The minimum atomic E-state index is -0.547. The molecule has 4 aromatic rings. The Labute approximate surface area is 226 Å². The van der Waals surface area contributed by atoms with E-state index in [1.807, 2.05) is 91.0 Å². The summed E-state index contributed by atoms with van der Waals surface area (Å²) in [5, 5.41) is 2.54. The van der Waals surface area contributed by atoms with E-state index >= 15 is 0 Å². The second kappa shape index (κ2) is 13.6. The SMILES string of the molecule is O=C(NC(=S)NNC(=O)C(c1ccccc1)c1ccccc1)c1ccc(OCCOc2ccccc2)cc1. The number of para-hydroxylation sites is 1. The van der Waals surface area contributed by atoms with Crippen molar-refractivity contribution >= 4 is 29.1 Å². The predicted octanol–water partition coefficient (Wildman–Crippen LogP) is 4.61. The number of amides is 2. The molecule has 4 aromatic carbocycles. The number of benzene rings is 4. The zero-order valence-corrected chi connectivity index (χ0v) is 21.3. The summed E-state index contributed by atoms with van der Waals surface area (Å²) in [5.74, 6) is 0.114. The van der Waals surface area contributed by atoms with Gasteiger partial charge in [-0.2, -0.15) is 0 Å². The topological polar surface area (TPSA) is 88.7 Å². The molecule has 3 N–H and O–H groups in total. The Morgan fingerprint density at radius 3 is 1.63 bits per heavy atom. The molecule has 0 aliphatic carbocycles. The lowest BCUT2D eigenvalue weighted by molar-refractivity contribution is -0.122. The standard InChI is InChI=1S/C30H27N3O4S/c34-28(24-16-18-26(19-17-24)37-21-20-36-25-14-8-3-9-15-25)31-30(38)33-32-29(35)27(22-10-4-1-5-11-22)23-12-6-2-7-13-23/h1-19,27H,20-21H2,(H,32,35)(H2,31,33,34,38). The molecule has 2 amide bonds. The monoisotopic (exact) mass is 525 g/mol. The fraction of sp³-hybridized carbons (Fsp3) is 0.100. The van der Waals surface area contributed by atoms with Crippen molar-refractivity contribution in [3.63, 3.8) is 0 Å². The summed E-state index contributed by atoms with van der Waals surface area (Å²) in [4.78, 5) is 25.7. The van der Waals surface area contributed by atoms with E-state index in [4.69, 9.17) is 21.7 Å². The van der Waals surface area contributed by atoms with Crippen LogP contribution in [0.25, 0.3) is 0 Å². The third-order valence-electron chi connectivity index (χ3n) is 5.53. The highest BCUT2D eigenvalue weighted by Gasteiger charge is 2.22. The highest BCUT2D eigenvalue weighted by atomic mass is 32.1. The van der Waals surface area contributed by atoms with Gasteiger partial charge in [0.15, 0.2) is 5.11 Å². The summed E-state index contributed by atoms with van der Waals surface area (Å²) in [6, 6.07) is 35.0. The van der Waals surface area contributed by atoms with Crippen LogP contribution >= 0.6 is 12.2 Å². The fourth-order valence-electron chi connectivity index (χ4n) is 3.72. The lowest BCUT2D eigenvalue weighted by Gasteiger charge is -2.19. The van der Waals surface area contributed by atoms with Crippen molar-refractivity contribution < 1.29 is 19.1 Å². The molecule has 0 aliphatic heterocycles. The lowest BCUT2D eigenvalue weighted by atomic mass is 9.91. The lowest BCUT2D eigenvalue weighted by Crippen LogP contribution is -2.49. The third-order valence-corrected chi connectivity index (χ3v) is 5.74. The van der Waals surface area contributed by atoms with Crippen molar-refractivity contribution in [3.8, 4) is 11.5 Å². The molecular formula is C30H27N3O4S. The number of nitrogens with one attached hydrogen (secondary N) is 3. The summed E-state index contributed by atoms with van der Waals surface area (Å²) >= 11 is 5.21. The molecule has 192 valence electrons. The minimum absolute atomic E-state index is 0.0263. The molecular weight excluding hydrogens is 498 g/mol. The smallest absolute Gasteiger partial charge is 0.257 e. The number of carbonyl (C=O) groups excluding carboxylic acids is 2. The van der Waals surface area contributed by atoms with Gasteiger partial charge in [-0.05, 0) is 59.7 Å². The minimum Gasteiger partial charge on any atom is -0.490 e. The summed E-state index contributed by atoms with van der Waals surface area (Å²) in [6.45, 7) is 0.758. The van der Waals surface area contributed by atoms with Gasteiger partial charge in [0.2, 0.25) is 5.91 Å². The number of hydrogen-bond acceptors (Lipinski definition) is 5. The second-order valence-corrected chi connectivity index (χ2v) is 8.59. The fourth-order valence-corrected chi connectivity index (χ4v) is 3.87. The molecule has 4 rings (SSSR count). The van der Waals surface area contributed by atoms with Gasteiger partial charge >= 0.3 is 0 Å². The third kappa shape index (κ3) is 7.65. The van der Waals surface area contributed by atoms with Crippen LogP contribution in [0, 0.1) is 0 Å². The predicted molar refractivity (Wildman–Crippen MR) is 150 cm³/mol. The van der Waals surface area contributed by atoms with Crippen LogP contribution in [0.2, 0.25) is 0 Å². The van der Waals surface area contributed by atoms with E-state index < -0.39 is 11.8 Å². The molecule has 0 aliphatic rings. The zero-order valence-electron chi connectivity index (χ0n) is 20.5. The number of hydrogen-bond donors (Lipinski definition) is 3. The van der Waals surface area contributed by atoms with Gasteiger partial charge in [0, 0.05) is 5.56 Å². The van der Waals surface area contributed by atoms with Crippen molar-refractivity contribution in [1.29, 1.82) is 0 Å². The van der Waals surface area contributed by atoms with E-state index in [2.05, 4.69) is 16.2 Å². The van der Waals surface area contributed by atoms with Crippen LogP contribution < -0.4 is 25.6 Å². The first kappa shape index (κ1) is 26.4. The number of carbonyl (C=O) groups is 2. The van der Waals surface area contributed by atoms with Crippen LogP contribution in [-0.2, 0) is 4.79 Å². The molecule has 0 heterocycles. The maximum Gasteiger partial charge on any atom is 0.257 e. The van der Waals surface area contributed by atoms with Gasteiger partial charge in [-0.1, -0.05) is 78.9 Å². The van der Waals surface area contributed by atoms with E-state index in [1.165, 1.54) is 0 Å². The molecule has 7 nitrogen and oxygen atoms in total. The molecule has 38 heavy (non-hydrogen) atoms. The number of thiocarbonyl (C=S) groups is 1. The van der Waals surface area contributed by atoms with Crippen molar-refractivity contribution in [3.05, 3.63) is 132 Å². The van der Waals surface area contributed by atoms with Gasteiger partial charge in [0.05, 0.1) is 5.92 Å². The zero-order chi connectivity index (χ0) is 26.6. The van der Waals surface area contributed by atoms with Gasteiger partial charge in [-0.3, -0.25) is 25.8 Å². The highest BCUT2D eigenvalue weighted by molar-refractivity contribution is 7.80. The largest absolute Gasteiger partial charge is 0.490 e. The molecule has 0 bridgehead atoms. The summed E-state index contributed by atoms with van der Waals surface area (Å²) in [7, 11) is 0. The average molecular weight is 526 g/mol. The van der Waals surface area contributed by atoms with Crippen molar-refractivity contribution in [2.75, 3.05) is 13.2 Å². The van der Waals surface area contributed by atoms with Gasteiger partial charge in [0.1, 0.15) is 24.7 Å². The quantitative estimate of drug-likeness (QED) is 0.168. The van der Waals surface area contributed by atoms with Crippen LogP contribution in [0.1, 0.15) is 27.4 Å². The van der Waals surface area contributed by atoms with Gasteiger partial charge < -0.3 is 9.47 Å². The molecule has 8 heteroatoms. The van der Waals surface area contributed by atoms with Crippen LogP contribution in [0.15, 0.2) is 115 Å². The second-order valence-electron chi connectivity index (χ2n) is 8.19. The molecule has 0 saturated carbocycles. The molecule has 0 fully saturated rings. The van der Waals surface area contributed by atoms with Crippen molar-refractivity contribution in [2.45, 2.75) is 5.92 Å². The Balaban J connectivity index is 1.25. The first-order valence-corrected chi connectivity index (χ1v) is 12.4. The highest BCUT2D eigenvalue weighted by Crippen LogP contribution is 2.24. The number of ether oxygens (including phenoxy) is 2. The Morgan fingerprint density at radius 2 is 1.11 bits per heavy atom.